The molecule has 0 atom stereocenters. The normalized spacial score (nSPS) is 17.9. The van der Waals surface area contributed by atoms with Crippen molar-refractivity contribution in [2.24, 2.45) is 5.41 Å². The van der Waals surface area contributed by atoms with Crippen molar-refractivity contribution in [3.63, 3.8) is 0 Å². The van der Waals surface area contributed by atoms with Crippen LogP contribution in [0, 0.1) is 5.41 Å². The topological polar surface area (TPSA) is 12.9 Å². The molecule has 0 saturated heterocycles. The highest BCUT2D eigenvalue weighted by Gasteiger charge is 2.26. The maximum atomic E-state index is 4.53. The van der Waals surface area contributed by atoms with Crippen molar-refractivity contribution in [2.45, 2.75) is 45.4 Å². The van der Waals surface area contributed by atoms with Crippen LogP contribution in [0.15, 0.2) is 48.7 Å². The third-order valence-corrected chi connectivity index (χ3v) is 4.59. The minimum Gasteiger partial charge on any atom is -0.256 e. The number of hydrogen-bond acceptors (Lipinski definition) is 1. The molecule has 1 heteroatoms. The van der Waals surface area contributed by atoms with Crippen LogP contribution < -0.4 is 0 Å². The fourth-order valence-corrected chi connectivity index (χ4v) is 3.43. The molecule has 20 heavy (non-hydrogen) atoms. The molecule has 0 amide bonds. The summed E-state index contributed by atoms with van der Waals surface area (Å²) in [5, 5.41) is 0. The van der Waals surface area contributed by atoms with Gasteiger partial charge in [-0.2, -0.15) is 0 Å². The van der Waals surface area contributed by atoms with E-state index in [0.717, 1.165) is 5.69 Å². The quantitative estimate of drug-likeness (QED) is 0.737. The SMILES string of the molecule is CC1(Cc2ccnc(-c3ccccc3)c2)CCCCC1. The van der Waals surface area contributed by atoms with E-state index in [-0.39, 0.29) is 0 Å². The van der Waals surface area contributed by atoms with Crippen LogP contribution in [0.4, 0.5) is 0 Å². The number of aromatic nitrogens is 1. The summed E-state index contributed by atoms with van der Waals surface area (Å²) < 4.78 is 0. The molecular weight excluding hydrogens is 242 g/mol. The van der Waals surface area contributed by atoms with Crippen molar-refractivity contribution < 1.29 is 0 Å². The summed E-state index contributed by atoms with van der Waals surface area (Å²) in [4.78, 5) is 4.53. The Bertz CT molecular complexity index is 553. The first-order valence-corrected chi connectivity index (χ1v) is 7.76. The van der Waals surface area contributed by atoms with Gasteiger partial charge in [-0.1, -0.05) is 56.5 Å². The van der Waals surface area contributed by atoms with Gasteiger partial charge in [-0.25, -0.2) is 0 Å². The molecular formula is C19H23N. The summed E-state index contributed by atoms with van der Waals surface area (Å²) in [5.74, 6) is 0. The lowest BCUT2D eigenvalue weighted by Crippen LogP contribution is -2.22. The van der Waals surface area contributed by atoms with Gasteiger partial charge in [-0.05, 0) is 42.4 Å². The Morgan fingerprint density at radius 3 is 2.50 bits per heavy atom. The average Bonchev–Trinajstić information content (AvgIpc) is 2.49. The minimum absolute atomic E-state index is 0.494. The van der Waals surface area contributed by atoms with Gasteiger partial charge < -0.3 is 0 Å². The zero-order chi connectivity index (χ0) is 13.8. The van der Waals surface area contributed by atoms with Crippen molar-refractivity contribution in [1.29, 1.82) is 0 Å². The fraction of sp³-hybridized carbons (Fsp3) is 0.421. The van der Waals surface area contributed by atoms with Gasteiger partial charge >= 0.3 is 0 Å². The predicted octanol–water partition coefficient (Wildman–Crippen LogP) is 5.26. The second-order valence-corrected chi connectivity index (χ2v) is 6.46. The molecule has 0 unspecified atom stereocenters. The molecule has 1 heterocycles. The molecule has 3 rings (SSSR count). The lowest BCUT2D eigenvalue weighted by molar-refractivity contribution is 0.215. The molecule has 1 saturated carbocycles. The van der Waals surface area contributed by atoms with Crippen molar-refractivity contribution in [3.05, 3.63) is 54.2 Å². The van der Waals surface area contributed by atoms with Crippen LogP contribution in [0.1, 0.15) is 44.6 Å². The van der Waals surface area contributed by atoms with Crippen LogP contribution in [0.2, 0.25) is 0 Å². The van der Waals surface area contributed by atoms with Crippen LogP contribution in [-0.2, 0) is 6.42 Å². The van der Waals surface area contributed by atoms with Crippen molar-refractivity contribution in [2.75, 3.05) is 0 Å². The van der Waals surface area contributed by atoms with E-state index in [4.69, 9.17) is 0 Å². The van der Waals surface area contributed by atoms with Gasteiger partial charge in [0.1, 0.15) is 0 Å². The number of pyridine rings is 1. The van der Waals surface area contributed by atoms with E-state index >= 15 is 0 Å². The molecule has 1 aliphatic rings. The second-order valence-electron chi connectivity index (χ2n) is 6.46. The summed E-state index contributed by atoms with van der Waals surface area (Å²) in [6.45, 7) is 2.45. The monoisotopic (exact) mass is 265 g/mol. The number of rotatable bonds is 3. The number of benzene rings is 1. The summed E-state index contributed by atoms with van der Waals surface area (Å²) in [6, 6.07) is 14.9. The third kappa shape index (κ3) is 3.09. The highest BCUT2D eigenvalue weighted by atomic mass is 14.7. The molecule has 1 fully saturated rings. The van der Waals surface area contributed by atoms with Crippen molar-refractivity contribution in [1.82, 2.24) is 4.98 Å². The second kappa shape index (κ2) is 5.78. The lowest BCUT2D eigenvalue weighted by atomic mass is 9.72. The van der Waals surface area contributed by atoms with E-state index < -0.39 is 0 Å². The molecule has 0 aliphatic heterocycles. The van der Waals surface area contributed by atoms with Gasteiger partial charge in [-0.15, -0.1) is 0 Å². The Labute approximate surface area is 122 Å². The molecule has 104 valence electrons. The van der Waals surface area contributed by atoms with Gasteiger partial charge in [-0.3, -0.25) is 4.98 Å². The van der Waals surface area contributed by atoms with E-state index in [0.29, 0.717) is 5.41 Å². The van der Waals surface area contributed by atoms with Crippen molar-refractivity contribution >= 4 is 0 Å². The van der Waals surface area contributed by atoms with Crippen LogP contribution in [0.5, 0.6) is 0 Å². The van der Waals surface area contributed by atoms with Crippen LogP contribution >= 0.6 is 0 Å². The van der Waals surface area contributed by atoms with E-state index in [1.54, 1.807) is 0 Å². The average molecular weight is 265 g/mol. The largest absolute Gasteiger partial charge is 0.256 e. The maximum absolute atomic E-state index is 4.53. The minimum atomic E-state index is 0.494. The third-order valence-electron chi connectivity index (χ3n) is 4.59. The Morgan fingerprint density at radius 2 is 1.75 bits per heavy atom. The lowest BCUT2D eigenvalue weighted by Gasteiger charge is -2.33. The van der Waals surface area contributed by atoms with E-state index in [1.165, 1.54) is 49.7 Å². The van der Waals surface area contributed by atoms with Crippen LogP contribution in [0.3, 0.4) is 0 Å². The Balaban J connectivity index is 1.81. The Hall–Kier alpha value is -1.63. The Kier molecular flexibility index (Phi) is 3.86. The first-order valence-electron chi connectivity index (χ1n) is 7.76. The molecule has 0 N–H and O–H groups in total. The first kappa shape index (κ1) is 13.4. The summed E-state index contributed by atoms with van der Waals surface area (Å²) in [5.41, 5.74) is 4.24. The molecule has 2 aromatic rings. The first-order chi connectivity index (χ1) is 9.75. The number of hydrogen-bond donors (Lipinski definition) is 0. The zero-order valence-corrected chi connectivity index (χ0v) is 12.3. The standard InChI is InChI=1S/C19H23N/c1-19(11-6-3-7-12-19)15-16-10-13-20-18(14-16)17-8-4-2-5-9-17/h2,4-5,8-10,13-14H,3,6-7,11-12,15H2,1H3. The summed E-state index contributed by atoms with van der Waals surface area (Å²) >= 11 is 0. The molecule has 0 spiro atoms. The van der Waals surface area contributed by atoms with Gasteiger partial charge in [0.15, 0.2) is 0 Å². The summed E-state index contributed by atoms with van der Waals surface area (Å²) in [7, 11) is 0. The van der Waals surface area contributed by atoms with Gasteiger partial charge in [0.05, 0.1) is 5.69 Å². The highest BCUT2D eigenvalue weighted by Crippen LogP contribution is 2.38. The highest BCUT2D eigenvalue weighted by molar-refractivity contribution is 5.59. The smallest absolute Gasteiger partial charge is 0.0704 e. The van der Waals surface area contributed by atoms with E-state index in [2.05, 4.69) is 54.4 Å². The van der Waals surface area contributed by atoms with Gasteiger partial charge in [0.25, 0.3) is 0 Å². The predicted molar refractivity (Wildman–Crippen MR) is 84.6 cm³/mol. The van der Waals surface area contributed by atoms with Crippen LogP contribution in [-0.4, -0.2) is 4.98 Å². The van der Waals surface area contributed by atoms with Crippen LogP contribution in [0.25, 0.3) is 11.3 Å². The fourth-order valence-electron chi connectivity index (χ4n) is 3.43. The molecule has 0 bridgehead atoms. The number of nitrogens with zero attached hydrogens (tertiary/aromatic N) is 1. The maximum Gasteiger partial charge on any atom is 0.0704 e. The zero-order valence-electron chi connectivity index (χ0n) is 12.3. The van der Waals surface area contributed by atoms with E-state index in [9.17, 15) is 0 Å². The Morgan fingerprint density at radius 1 is 1.00 bits per heavy atom. The molecule has 1 nitrogen and oxygen atoms in total. The van der Waals surface area contributed by atoms with Crippen molar-refractivity contribution in [3.8, 4) is 11.3 Å². The van der Waals surface area contributed by atoms with E-state index in [1.807, 2.05) is 6.20 Å². The van der Waals surface area contributed by atoms with Gasteiger partial charge in [0, 0.05) is 11.8 Å². The molecule has 1 aromatic carbocycles. The van der Waals surface area contributed by atoms with Gasteiger partial charge in [0.2, 0.25) is 0 Å². The molecule has 1 aliphatic carbocycles. The molecule has 0 radical (unpaired) electrons. The molecule has 1 aromatic heterocycles. The summed E-state index contributed by atoms with van der Waals surface area (Å²) in [6.07, 6.45) is 10.1.